The van der Waals surface area contributed by atoms with Crippen LogP contribution in [0.15, 0.2) is 54.6 Å². The average Bonchev–Trinajstić information content (AvgIpc) is 2.61. The predicted octanol–water partition coefficient (Wildman–Crippen LogP) is 5.93. The van der Waals surface area contributed by atoms with Crippen molar-refractivity contribution < 1.29 is 4.92 Å². The summed E-state index contributed by atoms with van der Waals surface area (Å²) in [7, 11) is 0. The maximum absolute atomic E-state index is 11.6. The van der Waals surface area contributed by atoms with Crippen LogP contribution in [0.4, 0.5) is 5.69 Å². The Kier molecular flexibility index (Phi) is 4.68. The minimum absolute atomic E-state index is 0.217. The van der Waals surface area contributed by atoms with E-state index in [-0.39, 0.29) is 4.92 Å². The fourth-order valence-electron chi connectivity index (χ4n) is 3.19. The summed E-state index contributed by atoms with van der Waals surface area (Å²) in [4.78, 5) is 11.4. The number of hydrogen-bond acceptors (Lipinski definition) is 4. The summed E-state index contributed by atoms with van der Waals surface area (Å²) < 4.78 is 0. The largest absolute Gasteiger partial charge is 0.277 e. The highest BCUT2D eigenvalue weighted by Gasteiger charge is 2.19. The molecule has 0 radical (unpaired) electrons. The van der Waals surface area contributed by atoms with Crippen LogP contribution in [-0.4, -0.2) is 4.92 Å². The van der Waals surface area contributed by atoms with Crippen LogP contribution in [0, 0.1) is 10.1 Å². The van der Waals surface area contributed by atoms with Crippen LogP contribution < -0.4 is 0 Å². The second-order valence-electron chi connectivity index (χ2n) is 6.18. The molecule has 0 amide bonds. The molecule has 25 heavy (non-hydrogen) atoms. The van der Waals surface area contributed by atoms with Crippen LogP contribution in [0.1, 0.15) is 22.3 Å². The molecule has 3 heterocycles. The van der Waals surface area contributed by atoms with Crippen molar-refractivity contribution in [3.63, 3.8) is 0 Å². The molecule has 0 saturated heterocycles. The molecule has 3 aromatic carbocycles. The van der Waals surface area contributed by atoms with E-state index in [2.05, 4.69) is 36.4 Å². The van der Waals surface area contributed by atoms with Gasteiger partial charge in [-0.3, -0.25) is 10.1 Å². The molecular weight excluding hydrogens is 350 g/mol. The maximum Gasteiger partial charge on any atom is 0.277 e. The molecule has 0 atom stereocenters. The Morgan fingerprint density at radius 1 is 0.760 bits per heavy atom. The first-order chi connectivity index (χ1) is 12.2. The quantitative estimate of drug-likeness (QED) is 0.395. The van der Waals surface area contributed by atoms with E-state index in [4.69, 9.17) is 0 Å². The normalized spacial score (nSPS) is 14.6. The van der Waals surface area contributed by atoms with Crippen molar-refractivity contribution in [1.82, 2.24) is 0 Å². The molecule has 3 aromatic rings. The monoisotopic (exact) mass is 367 g/mol. The second-order valence-corrected chi connectivity index (χ2v) is 8.15. The molecule has 0 fully saturated rings. The van der Waals surface area contributed by atoms with Crippen LogP contribution in [0.3, 0.4) is 0 Å². The first kappa shape index (κ1) is 16.5. The van der Waals surface area contributed by atoms with Crippen molar-refractivity contribution >= 4 is 40.0 Å². The molecule has 0 aromatic heterocycles. The molecule has 5 heteroatoms. The molecule has 0 spiro atoms. The Morgan fingerprint density at radius 3 is 1.76 bits per heavy atom. The molecule has 3 aliphatic heterocycles. The van der Waals surface area contributed by atoms with E-state index >= 15 is 0 Å². The molecule has 0 saturated carbocycles. The Bertz CT molecular complexity index is 888. The second kappa shape index (κ2) is 7.10. The van der Waals surface area contributed by atoms with Crippen molar-refractivity contribution in [3.05, 3.63) is 87.0 Å². The van der Waals surface area contributed by atoms with Crippen LogP contribution >= 0.6 is 23.5 Å². The topological polar surface area (TPSA) is 43.1 Å². The van der Waals surface area contributed by atoms with E-state index in [1.54, 1.807) is 23.5 Å². The van der Waals surface area contributed by atoms with E-state index in [1.165, 1.54) is 21.9 Å². The highest BCUT2D eigenvalue weighted by atomic mass is 32.2. The summed E-state index contributed by atoms with van der Waals surface area (Å²) >= 11 is 3.46. The average molecular weight is 367 g/mol. The Balaban J connectivity index is 1.75. The van der Waals surface area contributed by atoms with Gasteiger partial charge >= 0.3 is 0 Å². The number of benzene rings is 3. The number of nitro groups is 1. The third kappa shape index (κ3) is 3.53. The minimum Gasteiger partial charge on any atom is -0.258 e. The Labute approximate surface area is 155 Å². The lowest BCUT2D eigenvalue weighted by molar-refractivity contribution is -0.386. The fourth-order valence-corrected chi connectivity index (χ4v) is 5.13. The van der Waals surface area contributed by atoms with Gasteiger partial charge in [0.25, 0.3) is 5.69 Å². The fraction of sp³-hybridized carbons (Fsp3) is 0.200. The Hall–Kier alpha value is -1.98. The summed E-state index contributed by atoms with van der Waals surface area (Å²) in [5.41, 5.74) is 4.46. The maximum atomic E-state index is 11.6. The number of rotatable bonds is 1. The number of thioether (sulfide) groups is 2. The SMILES string of the molecule is O=[N+]([O-])c1c2cccc1CSCc1ccc3cc(ccc3c1)CSC2. The number of nitrogens with zero attached hydrogens (tertiary/aromatic N) is 1. The molecule has 0 unspecified atom stereocenters. The number of fused-ring (bicyclic) bond motifs is 2. The molecule has 0 aliphatic carbocycles. The van der Waals surface area contributed by atoms with Crippen LogP contribution in [0.2, 0.25) is 0 Å². The Morgan fingerprint density at radius 2 is 1.28 bits per heavy atom. The van der Waals surface area contributed by atoms with Crippen molar-refractivity contribution in [2.75, 3.05) is 0 Å². The van der Waals surface area contributed by atoms with Gasteiger partial charge in [-0.25, -0.2) is 0 Å². The lowest BCUT2D eigenvalue weighted by Crippen LogP contribution is -1.99. The van der Waals surface area contributed by atoms with Gasteiger partial charge in [0.15, 0.2) is 0 Å². The first-order valence-electron chi connectivity index (χ1n) is 8.13. The zero-order chi connectivity index (χ0) is 17.2. The smallest absolute Gasteiger partial charge is 0.258 e. The summed E-state index contributed by atoms with van der Waals surface area (Å²) in [6.07, 6.45) is 0. The van der Waals surface area contributed by atoms with Gasteiger partial charge in [0.05, 0.1) is 4.92 Å². The van der Waals surface area contributed by atoms with Gasteiger partial charge in [0.2, 0.25) is 0 Å². The number of nitro benzene ring substituents is 1. The molecule has 126 valence electrons. The van der Waals surface area contributed by atoms with Crippen molar-refractivity contribution in [2.24, 2.45) is 0 Å². The van der Waals surface area contributed by atoms with E-state index in [9.17, 15) is 10.1 Å². The van der Waals surface area contributed by atoms with Gasteiger partial charge in [-0.2, -0.15) is 23.5 Å². The van der Waals surface area contributed by atoms with Gasteiger partial charge < -0.3 is 0 Å². The molecule has 6 rings (SSSR count). The van der Waals surface area contributed by atoms with Crippen LogP contribution in [-0.2, 0) is 23.0 Å². The summed E-state index contributed by atoms with van der Waals surface area (Å²) in [5, 5.41) is 14.1. The third-order valence-corrected chi connectivity index (χ3v) is 6.51. The van der Waals surface area contributed by atoms with Gasteiger partial charge in [-0.05, 0) is 21.9 Å². The van der Waals surface area contributed by atoms with E-state index in [1.807, 2.05) is 18.2 Å². The molecule has 6 bridgehead atoms. The highest BCUT2D eigenvalue weighted by molar-refractivity contribution is 7.98. The van der Waals surface area contributed by atoms with Gasteiger partial charge in [-0.15, -0.1) is 0 Å². The zero-order valence-electron chi connectivity index (χ0n) is 13.6. The van der Waals surface area contributed by atoms with Crippen LogP contribution in [0.25, 0.3) is 10.8 Å². The molecule has 0 N–H and O–H groups in total. The van der Waals surface area contributed by atoms with E-state index < -0.39 is 0 Å². The number of para-hydroxylation sites is 1. The lowest BCUT2D eigenvalue weighted by Gasteiger charge is -2.08. The summed E-state index contributed by atoms with van der Waals surface area (Å²) in [6.45, 7) is 0. The summed E-state index contributed by atoms with van der Waals surface area (Å²) in [6, 6.07) is 18.9. The van der Waals surface area contributed by atoms with E-state index in [0.29, 0.717) is 17.2 Å². The lowest BCUT2D eigenvalue weighted by atomic mass is 10.1. The zero-order valence-corrected chi connectivity index (χ0v) is 15.2. The first-order valence-corrected chi connectivity index (χ1v) is 10.4. The summed E-state index contributed by atoms with van der Waals surface area (Å²) in [5.74, 6) is 3.03. The van der Waals surface area contributed by atoms with Gasteiger partial charge in [-0.1, -0.05) is 54.6 Å². The van der Waals surface area contributed by atoms with Crippen molar-refractivity contribution in [3.8, 4) is 0 Å². The van der Waals surface area contributed by atoms with Gasteiger partial charge in [0.1, 0.15) is 0 Å². The third-order valence-electron chi connectivity index (χ3n) is 4.41. The van der Waals surface area contributed by atoms with Crippen molar-refractivity contribution in [2.45, 2.75) is 23.0 Å². The minimum atomic E-state index is -0.217. The predicted molar refractivity (Wildman–Crippen MR) is 107 cm³/mol. The molecular formula is C20H17NO2S2. The van der Waals surface area contributed by atoms with E-state index in [0.717, 1.165) is 22.6 Å². The van der Waals surface area contributed by atoms with Crippen LogP contribution in [0.5, 0.6) is 0 Å². The van der Waals surface area contributed by atoms with Gasteiger partial charge in [0, 0.05) is 34.1 Å². The standard InChI is InChI=1S/C20H17NO2S2/c22-21(23)20-18-2-1-3-19(20)13-25-11-15-5-7-16-8-14(10-24-12-18)4-6-17(16)9-15/h1-9H,10-13H2. The molecule has 3 aliphatic rings. The highest BCUT2D eigenvalue weighted by Crippen LogP contribution is 2.33. The number of hydrogen-bond donors (Lipinski definition) is 0. The van der Waals surface area contributed by atoms with Crippen molar-refractivity contribution in [1.29, 1.82) is 0 Å². The molecule has 3 nitrogen and oxygen atoms in total.